The molecule has 0 radical (unpaired) electrons. The Balaban J connectivity index is 1.32. The number of rotatable bonds is 8. The average molecular weight is 538 g/mol. The van der Waals surface area contributed by atoms with Crippen LogP contribution in [0.25, 0.3) is 16.9 Å². The molecule has 4 heterocycles. The van der Waals surface area contributed by atoms with E-state index in [0.717, 1.165) is 35.3 Å². The summed E-state index contributed by atoms with van der Waals surface area (Å²) in [7, 11) is 0. The van der Waals surface area contributed by atoms with Gasteiger partial charge in [0.05, 0.1) is 18.2 Å². The van der Waals surface area contributed by atoms with Crippen molar-refractivity contribution in [2.75, 3.05) is 18.5 Å². The second-order valence-electron chi connectivity index (χ2n) is 9.41. The largest absolute Gasteiger partial charge is 0.394 e. The van der Waals surface area contributed by atoms with Crippen molar-refractivity contribution >= 4 is 34.5 Å². The lowest BCUT2D eigenvalue weighted by Gasteiger charge is -2.17. The van der Waals surface area contributed by atoms with Gasteiger partial charge in [-0.15, -0.1) is 0 Å². The Labute approximate surface area is 229 Å². The van der Waals surface area contributed by atoms with E-state index < -0.39 is 11.9 Å². The van der Waals surface area contributed by atoms with Crippen LogP contribution in [0.5, 0.6) is 0 Å². The predicted molar refractivity (Wildman–Crippen MR) is 152 cm³/mol. The van der Waals surface area contributed by atoms with Crippen molar-refractivity contribution in [2.45, 2.75) is 19.0 Å². The highest BCUT2D eigenvalue weighted by Crippen LogP contribution is 2.29. The molecule has 0 aliphatic carbocycles. The number of anilines is 1. The van der Waals surface area contributed by atoms with Gasteiger partial charge in [-0.2, -0.15) is 11.3 Å². The van der Waals surface area contributed by atoms with Gasteiger partial charge in [-0.05, 0) is 52.8 Å². The Bertz CT molecular complexity index is 1650. The van der Waals surface area contributed by atoms with Gasteiger partial charge in [-0.25, -0.2) is 4.98 Å². The van der Waals surface area contributed by atoms with Crippen molar-refractivity contribution in [2.24, 2.45) is 0 Å². The molecule has 5 aromatic rings. The summed E-state index contributed by atoms with van der Waals surface area (Å²) in [5.74, 6) is -0.665. The third kappa shape index (κ3) is 4.89. The summed E-state index contributed by atoms with van der Waals surface area (Å²) in [5.41, 5.74) is 6.55. The van der Waals surface area contributed by atoms with E-state index in [4.69, 9.17) is 4.98 Å². The maximum atomic E-state index is 13.7. The van der Waals surface area contributed by atoms with E-state index in [2.05, 4.69) is 22.0 Å². The second-order valence-corrected chi connectivity index (χ2v) is 10.2. The molecular formula is C30H27N5O3S. The van der Waals surface area contributed by atoms with Crippen molar-refractivity contribution in [3.8, 4) is 11.3 Å². The molecule has 0 bridgehead atoms. The summed E-state index contributed by atoms with van der Waals surface area (Å²) in [6.45, 7) is 1.06. The van der Waals surface area contributed by atoms with Crippen LogP contribution in [0.2, 0.25) is 0 Å². The van der Waals surface area contributed by atoms with Crippen molar-refractivity contribution in [1.29, 1.82) is 0 Å². The van der Waals surface area contributed by atoms with E-state index in [1.807, 2.05) is 59.3 Å². The van der Waals surface area contributed by atoms with Gasteiger partial charge in [-0.3, -0.25) is 14.0 Å². The molecule has 39 heavy (non-hydrogen) atoms. The lowest BCUT2D eigenvalue weighted by Crippen LogP contribution is -2.32. The molecule has 9 heteroatoms. The molecule has 196 valence electrons. The van der Waals surface area contributed by atoms with Crippen LogP contribution in [0.3, 0.4) is 0 Å². The number of hydrogen-bond acceptors (Lipinski definition) is 6. The number of carbonyl (C=O) groups excluding carboxylic acids is 2. The summed E-state index contributed by atoms with van der Waals surface area (Å²) in [6.07, 6.45) is 2.70. The van der Waals surface area contributed by atoms with Crippen molar-refractivity contribution in [3.05, 3.63) is 112 Å². The number of pyridine rings is 1. The number of carbonyl (C=O) groups is 2. The molecule has 1 unspecified atom stereocenters. The number of amides is 2. The van der Waals surface area contributed by atoms with Gasteiger partial charge in [0, 0.05) is 35.9 Å². The Hall–Kier alpha value is -4.47. The zero-order valence-corrected chi connectivity index (χ0v) is 21.9. The Morgan fingerprint density at radius 3 is 2.74 bits per heavy atom. The third-order valence-electron chi connectivity index (χ3n) is 6.93. The minimum absolute atomic E-state index is 0.257. The first kappa shape index (κ1) is 24.8. The van der Waals surface area contributed by atoms with E-state index in [-0.39, 0.29) is 12.5 Å². The zero-order valence-electron chi connectivity index (χ0n) is 21.1. The molecular weight excluding hydrogens is 510 g/mol. The first-order valence-corrected chi connectivity index (χ1v) is 13.7. The number of aliphatic hydroxyl groups is 1. The van der Waals surface area contributed by atoms with Crippen molar-refractivity contribution in [1.82, 2.24) is 20.0 Å². The lowest BCUT2D eigenvalue weighted by atomic mass is 10.1. The molecule has 6 rings (SSSR count). The molecule has 1 aliphatic rings. The number of imidazole rings is 1. The van der Waals surface area contributed by atoms with Gasteiger partial charge in [0.1, 0.15) is 11.4 Å². The summed E-state index contributed by atoms with van der Waals surface area (Å²) >= 11 is 1.50. The number of aromatic nitrogens is 2. The van der Waals surface area contributed by atoms with E-state index in [1.54, 1.807) is 22.7 Å². The molecule has 2 amide bonds. The van der Waals surface area contributed by atoms with Crippen LogP contribution in [-0.4, -0.2) is 39.5 Å². The molecule has 0 fully saturated rings. The summed E-state index contributed by atoms with van der Waals surface area (Å²) in [4.78, 5) is 31.8. The number of aliphatic hydroxyl groups excluding tert-OH is 1. The zero-order chi connectivity index (χ0) is 26.8. The molecule has 4 N–H and O–H groups in total. The highest BCUT2D eigenvalue weighted by atomic mass is 32.1. The number of hydrogen-bond donors (Lipinski definition) is 4. The van der Waals surface area contributed by atoms with Gasteiger partial charge in [0.15, 0.2) is 5.65 Å². The fourth-order valence-corrected chi connectivity index (χ4v) is 5.59. The Morgan fingerprint density at radius 2 is 1.95 bits per heavy atom. The number of fused-ring (bicyclic) bond motifs is 2. The molecule has 1 atom stereocenters. The molecule has 0 saturated heterocycles. The van der Waals surface area contributed by atoms with E-state index >= 15 is 0 Å². The minimum atomic E-state index is -0.589. The lowest BCUT2D eigenvalue weighted by molar-refractivity contribution is 0.0908. The van der Waals surface area contributed by atoms with Crippen LogP contribution < -0.4 is 16.0 Å². The van der Waals surface area contributed by atoms with Crippen LogP contribution >= 0.6 is 11.3 Å². The molecule has 0 saturated carbocycles. The van der Waals surface area contributed by atoms with Gasteiger partial charge < -0.3 is 21.1 Å². The molecule has 8 nitrogen and oxygen atoms in total. The Morgan fingerprint density at radius 1 is 1.08 bits per heavy atom. The number of nitrogens with zero attached hydrogens (tertiary/aromatic N) is 2. The Kier molecular flexibility index (Phi) is 6.83. The van der Waals surface area contributed by atoms with Gasteiger partial charge in [0.2, 0.25) is 0 Å². The standard InChI is InChI=1S/C30H27N5O3S/c36-17-25(20-5-2-1-3-6-20)33-30(38)27-26(22-11-14-39-18-22)34-28-23(7-4-13-35(27)28)29(37)32-16-19-8-9-24-21(15-19)10-12-31-24/h1-9,11,13-15,18,25,31,36H,10,12,16-17H2,(H,32,37)(H,33,38). The van der Waals surface area contributed by atoms with E-state index in [0.29, 0.717) is 29.1 Å². The topological polar surface area (TPSA) is 108 Å². The monoisotopic (exact) mass is 537 g/mol. The normalized spacial score (nSPS) is 13.1. The maximum absolute atomic E-state index is 13.7. The summed E-state index contributed by atoms with van der Waals surface area (Å²) < 4.78 is 1.65. The van der Waals surface area contributed by atoms with Gasteiger partial charge in [-0.1, -0.05) is 42.5 Å². The van der Waals surface area contributed by atoms with Gasteiger partial charge in [0.25, 0.3) is 11.8 Å². The molecule has 1 aliphatic heterocycles. The molecule has 3 aromatic heterocycles. The third-order valence-corrected chi connectivity index (χ3v) is 7.61. The quantitative estimate of drug-likeness (QED) is 0.234. The summed E-state index contributed by atoms with van der Waals surface area (Å²) in [5, 5.41) is 23.2. The van der Waals surface area contributed by atoms with Crippen LogP contribution in [-0.2, 0) is 13.0 Å². The maximum Gasteiger partial charge on any atom is 0.271 e. The predicted octanol–water partition coefficient (Wildman–Crippen LogP) is 4.42. The number of nitrogens with one attached hydrogen (secondary N) is 3. The number of benzene rings is 2. The van der Waals surface area contributed by atoms with Crippen LogP contribution in [0.4, 0.5) is 5.69 Å². The highest BCUT2D eigenvalue weighted by Gasteiger charge is 2.26. The SMILES string of the molecule is O=C(NCc1ccc2c(c1)CCN2)c1cccn2c(C(=O)NC(CO)c3ccccc3)c(-c3ccsc3)nc12. The van der Waals surface area contributed by atoms with Crippen molar-refractivity contribution < 1.29 is 14.7 Å². The highest BCUT2D eigenvalue weighted by molar-refractivity contribution is 7.08. The fraction of sp³-hybridized carbons (Fsp3) is 0.167. The second kappa shape index (κ2) is 10.7. The molecule has 0 spiro atoms. The van der Waals surface area contributed by atoms with Gasteiger partial charge >= 0.3 is 0 Å². The van der Waals surface area contributed by atoms with Crippen LogP contribution in [0.15, 0.2) is 83.7 Å². The van der Waals surface area contributed by atoms with Crippen LogP contribution in [0.1, 0.15) is 43.6 Å². The average Bonchev–Trinajstić information content (AvgIpc) is 3.74. The number of thiophene rings is 1. The molecule has 2 aromatic carbocycles. The van der Waals surface area contributed by atoms with E-state index in [1.165, 1.54) is 16.9 Å². The van der Waals surface area contributed by atoms with E-state index in [9.17, 15) is 14.7 Å². The smallest absolute Gasteiger partial charge is 0.271 e. The van der Waals surface area contributed by atoms with Crippen LogP contribution in [0, 0.1) is 0 Å². The van der Waals surface area contributed by atoms with Crippen molar-refractivity contribution in [3.63, 3.8) is 0 Å². The summed E-state index contributed by atoms with van der Waals surface area (Å²) in [6, 6.07) is 20.2. The fourth-order valence-electron chi connectivity index (χ4n) is 4.95. The first-order valence-electron chi connectivity index (χ1n) is 12.8. The minimum Gasteiger partial charge on any atom is -0.394 e. The first-order chi connectivity index (χ1) is 19.1.